The number of amides is 1. The lowest BCUT2D eigenvalue weighted by Crippen LogP contribution is -2.34. The Labute approximate surface area is 189 Å². The molecule has 176 valence electrons. The predicted octanol–water partition coefficient (Wildman–Crippen LogP) is 4.08. The summed E-state index contributed by atoms with van der Waals surface area (Å²) in [4.78, 5) is 14.7. The quantitative estimate of drug-likeness (QED) is 0.599. The lowest BCUT2D eigenvalue weighted by molar-refractivity contribution is -0.137. The van der Waals surface area contributed by atoms with E-state index in [-0.39, 0.29) is 17.9 Å². The van der Waals surface area contributed by atoms with Gasteiger partial charge in [-0.1, -0.05) is 32.0 Å². The first kappa shape index (κ1) is 23.0. The summed E-state index contributed by atoms with van der Waals surface area (Å²) in [5.41, 5.74) is 0.418. The second-order valence-electron chi connectivity index (χ2n) is 8.56. The smallest absolute Gasteiger partial charge is 0.416 e. The third-order valence-electron chi connectivity index (χ3n) is 5.82. The molecule has 0 bridgehead atoms. The molecule has 0 saturated carbocycles. The maximum absolute atomic E-state index is 13.0. The summed E-state index contributed by atoms with van der Waals surface area (Å²) >= 11 is 0. The molecule has 3 aromatic rings. The lowest BCUT2D eigenvalue weighted by Gasteiger charge is -2.23. The summed E-state index contributed by atoms with van der Waals surface area (Å²) in [7, 11) is 0. The number of nitrogens with zero attached hydrogens (tertiary/aromatic N) is 4. The number of carbonyl (C=O) groups is 1. The Morgan fingerprint density at radius 3 is 2.70 bits per heavy atom. The van der Waals surface area contributed by atoms with Gasteiger partial charge in [0.2, 0.25) is 0 Å². The third kappa shape index (κ3) is 5.27. The van der Waals surface area contributed by atoms with Gasteiger partial charge in [0.15, 0.2) is 5.82 Å². The van der Waals surface area contributed by atoms with Crippen molar-refractivity contribution >= 4 is 5.91 Å². The number of halogens is 3. The van der Waals surface area contributed by atoms with Crippen molar-refractivity contribution in [2.24, 2.45) is 5.92 Å². The summed E-state index contributed by atoms with van der Waals surface area (Å²) in [6, 6.07) is 6.71. The Morgan fingerprint density at radius 1 is 1.18 bits per heavy atom. The number of hydrogen-bond acceptors (Lipinski definition) is 5. The zero-order valence-corrected chi connectivity index (χ0v) is 18.5. The first-order valence-electron chi connectivity index (χ1n) is 10.9. The Balaban J connectivity index is 1.47. The van der Waals surface area contributed by atoms with E-state index in [4.69, 9.17) is 4.42 Å². The van der Waals surface area contributed by atoms with E-state index in [1.165, 1.54) is 24.7 Å². The molecule has 0 unspecified atom stereocenters. The standard InChI is InChI=1S/C23H26F3N5O2/c1-15(2)20(27-22(32)17-7-11-33-14-17)21-29-28-19-6-8-30(9-10-31(19)21)13-16-4-3-5-18(12-16)23(24,25)26/h3-5,7,11-12,14-15,20H,6,8-10,13H2,1-2H3,(H,27,32)/t20-/m1/s1. The number of nitrogens with one attached hydrogen (secondary N) is 1. The topological polar surface area (TPSA) is 76.2 Å². The highest BCUT2D eigenvalue weighted by molar-refractivity contribution is 5.94. The number of rotatable bonds is 6. The molecule has 7 nitrogen and oxygen atoms in total. The number of furan rings is 1. The van der Waals surface area contributed by atoms with Gasteiger partial charge in [0.1, 0.15) is 12.1 Å². The lowest BCUT2D eigenvalue weighted by atomic mass is 10.0. The van der Waals surface area contributed by atoms with Gasteiger partial charge in [0, 0.05) is 32.6 Å². The molecule has 1 aliphatic heterocycles. The van der Waals surface area contributed by atoms with Gasteiger partial charge >= 0.3 is 6.18 Å². The van der Waals surface area contributed by atoms with Crippen LogP contribution in [0.3, 0.4) is 0 Å². The molecule has 4 rings (SSSR count). The van der Waals surface area contributed by atoms with E-state index in [1.807, 2.05) is 18.4 Å². The fraction of sp³-hybridized carbons (Fsp3) is 0.435. The Hall–Kier alpha value is -3.14. The number of alkyl halides is 3. The van der Waals surface area contributed by atoms with Gasteiger partial charge in [0.05, 0.1) is 23.4 Å². The molecular formula is C23H26F3N5O2. The van der Waals surface area contributed by atoms with Crippen molar-refractivity contribution in [3.63, 3.8) is 0 Å². The minimum atomic E-state index is -4.36. The van der Waals surface area contributed by atoms with Gasteiger partial charge in [-0.3, -0.25) is 9.69 Å². The second kappa shape index (κ2) is 9.38. The van der Waals surface area contributed by atoms with Gasteiger partial charge < -0.3 is 14.3 Å². The van der Waals surface area contributed by atoms with Crippen LogP contribution in [-0.2, 0) is 25.7 Å². The van der Waals surface area contributed by atoms with Crippen LogP contribution >= 0.6 is 0 Å². The van der Waals surface area contributed by atoms with E-state index >= 15 is 0 Å². The summed E-state index contributed by atoms with van der Waals surface area (Å²) in [5, 5.41) is 11.7. The molecule has 2 aromatic heterocycles. The van der Waals surface area contributed by atoms with Crippen molar-refractivity contribution in [2.45, 2.75) is 45.6 Å². The first-order valence-corrected chi connectivity index (χ1v) is 10.9. The molecule has 1 N–H and O–H groups in total. The Morgan fingerprint density at radius 2 is 2.00 bits per heavy atom. The fourth-order valence-corrected chi connectivity index (χ4v) is 4.03. The number of carbonyl (C=O) groups excluding carboxylic acids is 1. The maximum atomic E-state index is 13.0. The molecule has 0 spiro atoms. The van der Waals surface area contributed by atoms with Crippen LogP contribution in [0.25, 0.3) is 0 Å². The van der Waals surface area contributed by atoms with E-state index in [0.29, 0.717) is 49.6 Å². The predicted molar refractivity (Wildman–Crippen MR) is 114 cm³/mol. The normalized spacial score (nSPS) is 15.8. The highest BCUT2D eigenvalue weighted by atomic mass is 19.4. The van der Waals surface area contributed by atoms with Crippen molar-refractivity contribution in [3.05, 3.63) is 71.2 Å². The van der Waals surface area contributed by atoms with Gasteiger partial charge in [-0.2, -0.15) is 13.2 Å². The summed E-state index contributed by atoms with van der Waals surface area (Å²) in [5.74, 6) is 1.30. The molecule has 1 atom stereocenters. The zero-order valence-electron chi connectivity index (χ0n) is 18.5. The highest BCUT2D eigenvalue weighted by Gasteiger charge is 2.31. The number of fused-ring (bicyclic) bond motifs is 1. The van der Waals surface area contributed by atoms with Crippen LogP contribution in [0.4, 0.5) is 13.2 Å². The first-order chi connectivity index (χ1) is 15.7. The van der Waals surface area contributed by atoms with Crippen molar-refractivity contribution in [1.82, 2.24) is 25.0 Å². The summed E-state index contributed by atoms with van der Waals surface area (Å²) in [6.45, 7) is 6.29. The molecule has 10 heteroatoms. The highest BCUT2D eigenvalue weighted by Crippen LogP contribution is 2.30. The minimum Gasteiger partial charge on any atom is -0.472 e. The molecule has 0 fully saturated rings. The zero-order chi connectivity index (χ0) is 23.6. The van der Waals surface area contributed by atoms with Crippen molar-refractivity contribution in [3.8, 4) is 0 Å². The van der Waals surface area contributed by atoms with Crippen LogP contribution in [-0.4, -0.2) is 38.7 Å². The molecule has 0 saturated heterocycles. The fourth-order valence-electron chi connectivity index (χ4n) is 4.03. The van der Waals surface area contributed by atoms with E-state index < -0.39 is 11.7 Å². The van der Waals surface area contributed by atoms with E-state index in [2.05, 4.69) is 20.4 Å². The molecule has 1 amide bonds. The molecule has 0 radical (unpaired) electrons. The van der Waals surface area contributed by atoms with E-state index in [9.17, 15) is 18.0 Å². The van der Waals surface area contributed by atoms with E-state index in [1.54, 1.807) is 12.1 Å². The van der Waals surface area contributed by atoms with Crippen molar-refractivity contribution in [2.75, 3.05) is 13.1 Å². The van der Waals surface area contributed by atoms with E-state index in [0.717, 1.165) is 11.9 Å². The monoisotopic (exact) mass is 461 g/mol. The van der Waals surface area contributed by atoms with Crippen molar-refractivity contribution in [1.29, 1.82) is 0 Å². The average Bonchev–Trinajstić information content (AvgIpc) is 3.40. The van der Waals surface area contributed by atoms with Crippen LogP contribution in [0, 0.1) is 5.92 Å². The number of benzene rings is 1. The number of hydrogen-bond donors (Lipinski definition) is 1. The summed E-state index contributed by atoms with van der Waals surface area (Å²) < 4.78 is 46.2. The van der Waals surface area contributed by atoms with Crippen molar-refractivity contribution < 1.29 is 22.4 Å². The molecule has 3 heterocycles. The van der Waals surface area contributed by atoms with Gasteiger partial charge in [-0.15, -0.1) is 10.2 Å². The van der Waals surface area contributed by atoms with Crippen LogP contribution in [0.2, 0.25) is 0 Å². The minimum absolute atomic E-state index is 0.0682. The van der Waals surface area contributed by atoms with Crippen LogP contribution in [0.5, 0.6) is 0 Å². The third-order valence-corrected chi connectivity index (χ3v) is 5.82. The molecule has 33 heavy (non-hydrogen) atoms. The largest absolute Gasteiger partial charge is 0.472 e. The SMILES string of the molecule is CC(C)[C@@H](NC(=O)c1ccoc1)c1nnc2n1CCN(Cc1cccc(C(F)(F)F)c1)CC2. The average molecular weight is 461 g/mol. The van der Waals surface area contributed by atoms with Gasteiger partial charge in [-0.05, 0) is 23.6 Å². The van der Waals surface area contributed by atoms with Gasteiger partial charge in [-0.25, -0.2) is 0 Å². The van der Waals surface area contributed by atoms with Crippen LogP contribution < -0.4 is 5.32 Å². The Kier molecular flexibility index (Phi) is 6.55. The summed E-state index contributed by atoms with van der Waals surface area (Å²) in [6.07, 6.45) is -0.902. The van der Waals surface area contributed by atoms with Crippen LogP contribution in [0.15, 0.2) is 47.3 Å². The Bertz CT molecular complexity index is 1090. The molecule has 1 aliphatic rings. The maximum Gasteiger partial charge on any atom is 0.416 e. The second-order valence-corrected chi connectivity index (χ2v) is 8.56. The molecule has 0 aliphatic carbocycles. The van der Waals surface area contributed by atoms with Crippen LogP contribution in [0.1, 0.15) is 53.0 Å². The molecule has 1 aromatic carbocycles. The molecular weight excluding hydrogens is 435 g/mol. The van der Waals surface area contributed by atoms with Gasteiger partial charge in [0.25, 0.3) is 5.91 Å². The number of aromatic nitrogens is 3.